The molecular formula is C20H29FN4O2S. The van der Waals surface area contributed by atoms with Gasteiger partial charge >= 0.3 is 6.03 Å². The lowest BCUT2D eigenvalue weighted by molar-refractivity contribution is -0.130. The number of hydrogen-bond acceptors (Lipinski definition) is 4. The molecule has 2 atom stereocenters. The van der Waals surface area contributed by atoms with Crippen molar-refractivity contribution in [2.24, 2.45) is 0 Å². The van der Waals surface area contributed by atoms with E-state index in [9.17, 15) is 14.0 Å². The summed E-state index contributed by atoms with van der Waals surface area (Å²) >= 11 is 1.55. The Morgan fingerprint density at radius 1 is 1.18 bits per heavy atom. The molecule has 28 heavy (non-hydrogen) atoms. The number of thioether (sulfide) groups is 1. The molecule has 2 saturated heterocycles. The van der Waals surface area contributed by atoms with E-state index >= 15 is 0 Å². The van der Waals surface area contributed by atoms with Crippen LogP contribution in [0.2, 0.25) is 0 Å². The third-order valence-corrected chi connectivity index (χ3v) is 6.95. The van der Waals surface area contributed by atoms with E-state index < -0.39 is 0 Å². The minimum Gasteiger partial charge on any atom is -0.338 e. The van der Waals surface area contributed by atoms with Crippen LogP contribution in [0, 0.1) is 5.82 Å². The zero-order valence-electron chi connectivity index (χ0n) is 16.6. The van der Waals surface area contributed by atoms with Crippen LogP contribution in [-0.2, 0) is 4.79 Å². The average Bonchev–Trinajstić information content (AvgIpc) is 3.02. The molecule has 154 valence electrons. The van der Waals surface area contributed by atoms with Gasteiger partial charge in [0.05, 0.1) is 5.25 Å². The summed E-state index contributed by atoms with van der Waals surface area (Å²) in [6.07, 6.45) is 0.746. The molecule has 0 aromatic heterocycles. The first-order chi connectivity index (χ1) is 13.5. The highest BCUT2D eigenvalue weighted by molar-refractivity contribution is 8.01. The summed E-state index contributed by atoms with van der Waals surface area (Å²) in [4.78, 5) is 30.7. The molecule has 6 nitrogen and oxygen atoms in total. The van der Waals surface area contributed by atoms with Crippen LogP contribution < -0.4 is 5.32 Å². The fourth-order valence-corrected chi connectivity index (χ4v) is 5.14. The lowest BCUT2D eigenvalue weighted by Gasteiger charge is -2.36. The van der Waals surface area contributed by atoms with Crippen molar-refractivity contribution in [2.45, 2.75) is 30.9 Å². The Morgan fingerprint density at radius 2 is 1.89 bits per heavy atom. The minimum atomic E-state index is -0.268. The molecule has 0 spiro atoms. The summed E-state index contributed by atoms with van der Waals surface area (Å²) in [5.74, 6) is -0.160. The number of carbonyl (C=O) groups is 2. The highest BCUT2D eigenvalue weighted by Gasteiger charge is 2.40. The second-order valence-electron chi connectivity index (χ2n) is 7.10. The van der Waals surface area contributed by atoms with Crippen LogP contribution in [0.5, 0.6) is 0 Å². The highest BCUT2D eigenvalue weighted by atomic mass is 32.2. The van der Waals surface area contributed by atoms with Crippen LogP contribution in [-0.4, -0.2) is 77.7 Å². The van der Waals surface area contributed by atoms with Gasteiger partial charge in [0.1, 0.15) is 11.2 Å². The standard InChI is InChI=1S/C20H29FN4O2S/c1-3-17-18(26)25(19(28-17)15-7-5-6-8-16(15)21)14-11-23-9-12-24(13-10-23)20(27)22-4-2/h5-8,17,19H,3-4,9-14H2,1-2H3,(H,22,27)/t17-,19-/m0/s1. The topological polar surface area (TPSA) is 55.9 Å². The second-order valence-corrected chi connectivity index (χ2v) is 8.39. The van der Waals surface area contributed by atoms with Gasteiger partial charge in [0.2, 0.25) is 5.91 Å². The largest absolute Gasteiger partial charge is 0.338 e. The van der Waals surface area contributed by atoms with E-state index in [1.807, 2.05) is 29.7 Å². The zero-order chi connectivity index (χ0) is 20.1. The molecule has 8 heteroatoms. The number of carbonyl (C=O) groups excluding carboxylic acids is 2. The molecule has 1 aromatic carbocycles. The number of rotatable bonds is 6. The smallest absolute Gasteiger partial charge is 0.317 e. The quantitative estimate of drug-likeness (QED) is 0.786. The first-order valence-corrected chi connectivity index (χ1v) is 10.9. The van der Waals surface area contributed by atoms with Crippen molar-refractivity contribution in [3.05, 3.63) is 35.6 Å². The highest BCUT2D eigenvalue weighted by Crippen LogP contribution is 2.44. The number of benzene rings is 1. The summed E-state index contributed by atoms with van der Waals surface area (Å²) in [5.41, 5.74) is 0.581. The Bertz CT molecular complexity index is 697. The van der Waals surface area contributed by atoms with Gasteiger partial charge in [0.25, 0.3) is 0 Å². The van der Waals surface area contributed by atoms with E-state index in [0.29, 0.717) is 31.7 Å². The monoisotopic (exact) mass is 408 g/mol. The van der Waals surface area contributed by atoms with Gasteiger partial charge in [-0.3, -0.25) is 9.69 Å². The fourth-order valence-electron chi connectivity index (χ4n) is 3.69. The van der Waals surface area contributed by atoms with Gasteiger partial charge in [0, 0.05) is 51.4 Å². The minimum absolute atomic E-state index is 0.0151. The van der Waals surface area contributed by atoms with E-state index in [0.717, 1.165) is 26.1 Å². The Hall–Kier alpha value is -1.80. The predicted octanol–water partition coefficient (Wildman–Crippen LogP) is 2.53. The van der Waals surface area contributed by atoms with Gasteiger partial charge in [-0.1, -0.05) is 25.1 Å². The molecule has 0 unspecified atom stereocenters. The molecule has 3 amide bonds. The van der Waals surface area contributed by atoms with Gasteiger partial charge in [-0.15, -0.1) is 11.8 Å². The van der Waals surface area contributed by atoms with Crippen LogP contribution in [0.15, 0.2) is 24.3 Å². The number of hydrogen-bond donors (Lipinski definition) is 1. The van der Waals surface area contributed by atoms with Crippen molar-refractivity contribution in [1.29, 1.82) is 0 Å². The lowest BCUT2D eigenvalue weighted by atomic mass is 10.2. The molecule has 0 aliphatic carbocycles. The third-order valence-electron chi connectivity index (χ3n) is 5.32. The Kier molecular flexibility index (Phi) is 7.18. The Morgan fingerprint density at radius 3 is 2.54 bits per heavy atom. The summed E-state index contributed by atoms with van der Waals surface area (Å²) in [5, 5.41) is 2.45. The van der Waals surface area contributed by atoms with Gasteiger partial charge in [-0.2, -0.15) is 0 Å². The molecule has 0 saturated carbocycles. The molecule has 1 aromatic rings. The number of amides is 3. The van der Waals surface area contributed by atoms with E-state index in [1.165, 1.54) is 6.07 Å². The molecule has 2 aliphatic rings. The molecule has 3 rings (SSSR count). The Labute approximate surface area is 170 Å². The molecule has 0 bridgehead atoms. The second kappa shape index (κ2) is 9.60. The van der Waals surface area contributed by atoms with E-state index in [4.69, 9.17) is 0 Å². The van der Waals surface area contributed by atoms with Crippen LogP contribution in [0.3, 0.4) is 0 Å². The summed E-state index contributed by atoms with van der Waals surface area (Å²) in [7, 11) is 0. The van der Waals surface area contributed by atoms with Gasteiger partial charge in [-0.25, -0.2) is 9.18 Å². The van der Waals surface area contributed by atoms with Crippen molar-refractivity contribution in [2.75, 3.05) is 45.8 Å². The average molecular weight is 409 g/mol. The zero-order valence-corrected chi connectivity index (χ0v) is 17.4. The number of piperazine rings is 1. The lowest BCUT2D eigenvalue weighted by Crippen LogP contribution is -2.53. The van der Waals surface area contributed by atoms with Gasteiger partial charge < -0.3 is 15.1 Å². The van der Waals surface area contributed by atoms with Crippen molar-refractivity contribution >= 4 is 23.7 Å². The van der Waals surface area contributed by atoms with Crippen LogP contribution >= 0.6 is 11.8 Å². The third kappa shape index (κ3) is 4.60. The van der Waals surface area contributed by atoms with E-state index in [2.05, 4.69) is 10.2 Å². The predicted molar refractivity (Wildman–Crippen MR) is 110 cm³/mol. The SMILES string of the molecule is CCNC(=O)N1CCN(CCN2C(=O)[C@H](CC)S[C@H]2c2ccccc2F)CC1. The normalized spacial score (nSPS) is 23.3. The van der Waals surface area contributed by atoms with Crippen LogP contribution in [0.25, 0.3) is 0 Å². The van der Waals surface area contributed by atoms with E-state index in [-0.39, 0.29) is 28.4 Å². The Balaban J connectivity index is 1.60. The van der Waals surface area contributed by atoms with Crippen molar-refractivity contribution in [3.8, 4) is 0 Å². The summed E-state index contributed by atoms with van der Waals surface area (Å²) in [6, 6.07) is 6.71. The molecule has 2 heterocycles. The fraction of sp³-hybridized carbons (Fsp3) is 0.600. The number of nitrogens with one attached hydrogen (secondary N) is 1. The van der Waals surface area contributed by atoms with Crippen molar-refractivity contribution in [1.82, 2.24) is 20.0 Å². The van der Waals surface area contributed by atoms with Crippen molar-refractivity contribution in [3.63, 3.8) is 0 Å². The summed E-state index contributed by atoms with van der Waals surface area (Å²) in [6.45, 7) is 8.78. The van der Waals surface area contributed by atoms with Crippen LogP contribution in [0.1, 0.15) is 31.2 Å². The first kappa shape index (κ1) is 20.9. The molecule has 2 aliphatic heterocycles. The number of nitrogens with zero attached hydrogens (tertiary/aromatic N) is 3. The number of halogens is 1. The number of urea groups is 1. The molecule has 0 radical (unpaired) electrons. The maximum absolute atomic E-state index is 14.3. The molecule has 2 fully saturated rings. The first-order valence-electron chi connectivity index (χ1n) is 10.0. The van der Waals surface area contributed by atoms with E-state index in [1.54, 1.807) is 23.9 Å². The van der Waals surface area contributed by atoms with Gasteiger partial charge in [-0.05, 0) is 19.4 Å². The summed E-state index contributed by atoms with van der Waals surface area (Å²) < 4.78 is 14.3. The maximum atomic E-state index is 14.3. The van der Waals surface area contributed by atoms with Gasteiger partial charge in [0.15, 0.2) is 0 Å². The molecule has 1 N–H and O–H groups in total. The maximum Gasteiger partial charge on any atom is 0.317 e. The molecular weight excluding hydrogens is 379 g/mol. The van der Waals surface area contributed by atoms with Crippen LogP contribution in [0.4, 0.5) is 9.18 Å². The van der Waals surface area contributed by atoms with Crippen molar-refractivity contribution < 1.29 is 14.0 Å².